The number of ether oxygens (including phenoxy) is 2. The van der Waals surface area contributed by atoms with Gasteiger partial charge in [0.25, 0.3) is 0 Å². The fourth-order valence-electron chi connectivity index (χ4n) is 2.58. The van der Waals surface area contributed by atoms with Gasteiger partial charge >= 0.3 is 0 Å². The Balaban J connectivity index is 1.65. The molecule has 0 aliphatic carbocycles. The minimum absolute atomic E-state index is 0.427. The van der Waals surface area contributed by atoms with Crippen molar-refractivity contribution < 1.29 is 9.47 Å². The van der Waals surface area contributed by atoms with Crippen molar-refractivity contribution in [2.45, 2.75) is 13.2 Å². The van der Waals surface area contributed by atoms with Crippen LogP contribution in [0.15, 0.2) is 65.8 Å². The van der Waals surface area contributed by atoms with E-state index in [1.807, 2.05) is 60.7 Å². The van der Waals surface area contributed by atoms with Crippen molar-refractivity contribution in [3.05, 3.63) is 91.0 Å². The Kier molecular flexibility index (Phi) is 8.03. The van der Waals surface area contributed by atoms with Crippen LogP contribution in [0.2, 0.25) is 10.0 Å². The maximum atomic E-state index is 6.15. The monoisotopic (exact) mass is 540 g/mol. The number of hydrogen-bond donors (Lipinski definition) is 1. The molecule has 150 valence electrons. The van der Waals surface area contributed by atoms with Crippen LogP contribution in [0.4, 0.5) is 0 Å². The summed E-state index contributed by atoms with van der Waals surface area (Å²) in [4.78, 5) is 0. The summed E-state index contributed by atoms with van der Waals surface area (Å²) in [6.07, 6.45) is 1.74. The van der Waals surface area contributed by atoms with Gasteiger partial charge in [-0.1, -0.05) is 53.5 Å². The van der Waals surface area contributed by atoms with Crippen LogP contribution in [0.1, 0.15) is 16.7 Å². The summed E-state index contributed by atoms with van der Waals surface area (Å²) in [5.74, 6) is 1.35. The second kappa shape index (κ2) is 10.7. The van der Waals surface area contributed by atoms with Gasteiger partial charge in [-0.2, -0.15) is 5.10 Å². The number of halogens is 3. The standard InChI is InChI=1S/C22H19Cl2IN2O2/c1-28-21-11-16(12-26-27-13-17-4-2-3-5-19(17)24)10-20(25)22(21)29-14-15-6-8-18(23)9-7-15/h2-12,27H,13-14H2,1H3/b26-12-. The summed E-state index contributed by atoms with van der Waals surface area (Å²) in [5.41, 5.74) is 5.93. The van der Waals surface area contributed by atoms with Crippen molar-refractivity contribution in [2.75, 3.05) is 7.11 Å². The van der Waals surface area contributed by atoms with Gasteiger partial charge in [-0.15, -0.1) is 0 Å². The first-order valence-electron chi connectivity index (χ1n) is 8.81. The molecule has 3 aromatic rings. The highest BCUT2D eigenvalue weighted by atomic mass is 127. The minimum atomic E-state index is 0.427. The molecule has 0 atom stereocenters. The molecular weight excluding hydrogens is 522 g/mol. The molecule has 29 heavy (non-hydrogen) atoms. The van der Waals surface area contributed by atoms with Gasteiger partial charge in [0, 0.05) is 10.0 Å². The third-order valence-electron chi connectivity index (χ3n) is 4.08. The predicted molar refractivity (Wildman–Crippen MR) is 127 cm³/mol. The van der Waals surface area contributed by atoms with E-state index < -0.39 is 0 Å². The van der Waals surface area contributed by atoms with Gasteiger partial charge < -0.3 is 14.9 Å². The number of nitrogens with zero attached hydrogens (tertiary/aromatic N) is 1. The fourth-order valence-corrected chi connectivity index (χ4v) is 3.69. The number of hydrogen-bond acceptors (Lipinski definition) is 4. The Morgan fingerprint density at radius 2 is 1.83 bits per heavy atom. The Hall–Kier alpha value is -1.96. The maximum Gasteiger partial charge on any atom is 0.174 e. The first kappa shape index (κ1) is 21.7. The lowest BCUT2D eigenvalue weighted by Crippen LogP contribution is -2.06. The number of methoxy groups -OCH3 is 1. The van der Waals surface area contributed by atoms with Crippen LogP contribution in [-0.4, -0.2) is 13.3 Å². The minimum Gasteiger partial charge on any atom is -0.493 e. The molecule has 0 radical (unpaired) electrons. The van der Waals surface area contributed by atoms with Gasteiger partial charge in [0.1, 0.15) is 6.61 Å². The van der Waals surface area contributed by atoms with E-state index in [1.54, 1.807) is 13.3 Å². The number of nitrogens with one attached hydrogen (secondary N) is 1. The van der Waals surface area contributed by atoms with Crippen LogP contribution >= 0.6 is 45.8 Å². The van der Waals surface area contributed by atoms with E-state index in [2.05, 4.69) is 33.1 Å². The molecule has 0 bridgehead atoms. The van der Waals surface area contributed by atoms with Crippen molar-refractivity contribution in [2.24, 2.45) is 5.10 Å². The zero-order valence-electron chi connectivity index (χ0n) is 15.7. The Morgan fingerprint density at radius 3 is 2.55 bits per heavy atom. The summed E-state index contributed by atoms with van der Waals surface area (Å²) in [6.45, 7) is 0.975. The first-order chi connectivity index (χ1) is 14.1. The first-order valence-corrected chi connectivity index (χ1v) is 10.6. The largest absolute Gasteiger partial charge is 0.493 e. The van der Waals surface area contributed by atoms with Crippen LogP contribution in [0.5, 0.6) is 11.5 Å². The van der Waals surface area contributed by atoms with E-state index in [4.69, 9.17) is 32.7 Å². The molecule has 0 heterocycles. The summed E-state index contributed by atoms with van der Waals surface area (Å²) < 4.78 is 12.4. The lowest BCUT2D eigenvalue weighted by atomic mass is 10.2. The third-order valence-corrected chi connectivity index (χ3v) is 5.50. The lowest BCUT2D eigenvalue weighted by Gasteiger charge is -2.13. The lowest BCUT2D eigenvalue weighted by molar-refractivity contribution is 0.282. The maximum absolute atomic E-state index is 6.15. The predicted octanol–water partition coefficient (Wildman–Crippen LogP) is 6.31. The van der Waals surface area contributed by atoms with Gasteiger partial charge in [0.15, 0.2) is 11.5 Å². The molecule has 0 aliphatic rings. The number of benzene rings is 3. The average Bonchev–Trinajstić information content (AvgIpc) is 2.72. The SMILES string of the molecule is COc1cc(/C=N\NCc2ccccc2Cl)cc(I)c1OCc1ccc(Cl)cc1. The molecule has 0 unspecified atom stereocenters. The Bertz CT molecular complexity index is 995. The zero-order chi connectivity index (χ0) is 20.6. The van der Waals surface area contributed by atoms with E-state index in [-0.39, 0.29) is 0 Å². The zero-order valence-corrected chi connectivity index (χ0v) is 19.3. The molecule has 4 nitrogen and oxygen atoms in total. The van der Waals surface area contributed by atoms with Crippen LogP contribution < -0.4 is 14.9 Å². The summed E-state index contributed by atoms with van der Waals surface area (Å²) >= 11 is 14.3. The molecule has 3 rings (SSSR count). The second-order valence-electron chi connectivity index (χ2n) is 6.13. The summed E-state index contributed by atoms with van der Waals surface area (Å²) in [7, 11) is 1.62. The Morgan fingerprint density at radius 1 is 1.07 bits per heavy atom. The molecule has 0 aliphatic heterocycles. The van der Waals surface area contributed by atoms with Crippen LogP contribution in [0.3, 0.4) is 0 Å². The molecule has 3 aromatic carbocycles. The molecule has 7 heteroatoms. The summed E-state index contributed by atoms with van der Waals surface area (Å²) in [6, 6.07) is 19.1. The third kappa shape index (κ3) is 6.26. The van der Waals surface area contributed by atoms with E-state index in [0.29, 0.717) is 34.7 Å². The van der Waals surface area contributed by atoms with Crippen molar-refractivity contribution in [1.29, 1.82) is 0 Å². The molecule has 1 N–H and O–H groups in total. The normalized spacial score (nSPS) is 10.9. The fraction of sp³-hybridized carbons (Fsp3) is 0.136. The van der Waals surface area contributed by atoms with Gasteiger partial charge in [0.05, 0.1) is 23.4 Å². The van der Waals surface area contributed by atoms with E-state index in [9.17, 15) is 0 Å². The van der Waals surface area contributed by atoms with E-state index in [0.717, 1.165) is 20.3 Å². The van der Waals surface area contributed by atoms with Gasteiger partial charge in [-0.25, -0.2) is 0 Å². The number of hydrazone groups is 1. The van der Waals surface area contributed by atoms with E-state index >= 15 is 0 Å². The van der Waals surface area contributed by atoms with Crippen LogP contribution in [-0.2, 0) is 13.2 Å². The van der Waals surface area contributed by atoms with Gasteiger partial charge in [-0.05, 0) is 69.6 Å². The second-order valence-corrected chi connectivity index (χ2v) is 8.14. The Labute approximate surface area is 194 Å². The molecular formula is C22H19Cl2IN2O2. The van der Waals surface area contributed by atoms with E-state index in [1.165, 1.54) is 0 Å². The van der Waals surface area contributed by atoms with Crippen LogP contribution in [0.25, 0.3) is 0 Å². The molecule has 0 aromatic heterocycles. The highest BCUT2D eigenvalue weighted by Crippen LogP contribution is 2.34. The quantitative estimate of drug-likeness (QED) is 0.207. The molecule has 0 amide bonds. The molecule has 0 saturated carbocycles. The molecule has 0 saturated heterocycles. The molecule has 0 spiro atoms. The summed E-state index contributed by atoms with van der Waals surface area (Å²) in [5, 5.41) is 5.70. The average molecular weight is 541 g/mol. The van der Waals surface area contributed by atoms with Crippen molar-refractivity contribution in [3.8, 4) is 11.5 Å². The smallest absolute Gasteiger partial charge is 0.174 e. The van der Waals surface area contributed by atoms with Crippen molar-refractivity contribution in [1.82, 2.24) is 5.43 Å². The van der Waals surface area contributed by atoms with Gasteiger partial charge in [-0.3, -0.25) is 0 Å². The van der Waals surface area contributed by atoms with Crippen LogP contribution in [0, 0.1) is 3.57 Å². The molecule has 0 fully saturated rings. The van der Waals surface area contributed by atoms with Crippen molar-refractivity contribution >= 4 is 52.0 Å². The highest BCUT2D eigenvalue weighted by molar-refractivity contribution is 14.1. The topological polar surface area (TPSA) is 42.8 Å². The van der Waals surface area contributed by atoms with Crippen molar-refractivity contribution in [3.63, 3.8) is 0 Å². The highest BCUT2D eigenvalue weighted by Gasteiger charge is 2.11. The number of rotatable bonds is 8. The van der Waals surface area contributed by atoms with Gasteiger partial charge in [0.2, 0.25) is 0 Å².